The van der Waals surface area contributed by atoms with Gasteiger partial charge in [-0.2, -0.15) is 0 Å². The zero-order chi connectivity index (χ0) is 13.9. The molecule has 0 spiro atoms. The van der Waals surface area contributed by atoms with Crippen LogP contribution in [0.2, 0.25) is 0 Å². The number of halogens is 1. The molecule has 122 valence electrons. The highest BCUT2D eigenvalue weighted by Gasteiger charge is 2.35. The maximum absolute atomic E-state index is 12.5. The number of rotatable bonds is 5. The summed E-state index contributed by atoms with van der Waals surface area (Å²) in [4.78, 5) is 14.5. The maximum atomic E-state index is 12.5. The van der Waals surface area contributed by atoms with Gasteiger partial charge in [-0.1, -0.05) is 0 Å². The molecule has 3 fully saturated rings. The van der Waals surface area contributed by atoms with E-state index in [2.05, 4.69) is 12.2 Å². The normalized spacial score (nSPS) is 34.5. The number of hydrogen-bond acceptors (Lipinski definition) is 3. The Hall–Kier alpha value is -0.320. The van der Waals surface area contributed by atoms with Crippen LogP contribution in [0.15, 0.2) is 0 Å². The number of likely N-dealkylation sites (N-methyl/N-ethyl adjacent to an activating group) is 1. The molecule has 0 aromatic rings. The van der Waals surface area contributed by atoms with E-state index in [1.54, 1.807) is 0 Å². The van der Waals surface area contributed by atoms with E-state index in [4.69, 9.17) is 4.74 Å². The molecule has 3 aliphatic rings. The van der Waals surface area contributed by atoms with E-state index in [-0.39, 0.29) is 18.5 Å². The Kier molecular flexibility index (Phi) is 6.33. The van der Waals surface area contributed by atoms with E-state index in [0.717, 1.165) is 39.0 Å². The molecule has 0 saturated carbocycles. The average Bonchev–Trinajstić information content (AvgIpc) is 3.06. The van der Waals surface area contributed by atoms with Crippen molar-refractivity contribution in [2.75, 3.05) is 19.7 Å². The molecule has 4 nitrogen and oxygen atoms in total. The van der Waals surface area contributed by atoms with Crippen LogP contribution in [-0.2, 0) is 9.53 Å². The number of nitrogens with one attached hydrogen (secondary N) is 1. The lowest BCUT2D eigenvalue weighted by Crippen LogP contribution is -2.42. The summed E-state index contributed by atoms with van der Waals surface area (Å²) in [5, 5.41) is 3.65. The van der Waals surface area contributed by atoms with Crippen LogP contribution in [-0.4, -0.2) is 48.7 Å². The number of ether oxygens (including phenoxy) is 1. The van der Waals surface area contributed by atoms with Gasteiger partial charge in [-0.3, -0.25) is 4.79 Å². The smallest absolute Gasteiger partial charge is 0.222 e. The van der Waals surface area contributed by atoms with Gasteiger partial charge in [-0.15, -0.1) is 12.4 Å². The maximum Gasteiger partial charge on any atom is 0.222 e. The van der Waals surface area contributed by atoms with Crippen molar-refractivity contribution in [2.24, 2.45) is 5.92 Å². The Labute approximate surface area is 134 Å². The van der Waals surface area contributed by atoms with Gasteiger partial charge in [0.25, 0.3) is 0 Å². The van der Waals surface area contributed by atoms with Crippen LogP contribution in [0.3, 0.4) is 0 Å². The Morgan fingerprint density at radius 2 is 1.95 bits per heavy atom. The van der Waals surface area contributed by atoms with E-state index in [1.807, 2.05) is 4.90 Å². The fraction of sp³-hybridized carbons (Fsp3) is 0.938. The molecule has 5 heteroatoms. The number of carbonyl (C=O) groups excluding carboxylic acids is 1. The zero-order valence-electron chi connectivity index (χ0n) is 13.1. The largest absolute Gasteiger partial charge is 0.376 e. The molecule has 3 aliphatic heterocycles. The SMILES string of the molecule is CCN(CC1CCCO1)C(=O)CC1CC2CCC(C1)N2.Cl. The van der Waals surface area contributed by atoms with E-state index >= 15 is 0 Å². The van der Waals surface area contributed by atoms with Gasteiger partial charge in [0.2, 0.25) is 5.91 Å². The summed E-state index contributed by atoms with van der Waals surface area (Å²) in [6, 6.07) is 1.36. The van der Waals surface area contributed by atoms with E-state index in [9.17, 15) is 4.79 Å². The number of amides is 1. The van der Waals surface area contributed by atoms with E-state index in [1.165, 1.54) is 25.7 Å². The third-order valence-corrected chi connectivity index (χ3v) is 5.22. The summed E-state index contributed by atoms with van der Waals surface area (Å²) >= 11 is 0. The minimum absolute atomic E-state index is 0. The van der Waals surface area contributed by atoms with Crippen molar-refractivity contribution in [1.29, 1.82) is 0 Å². The van der Waals surface area contributed by atoms with Gasteiger partial charge in [0, 0.05) is 38.2 Å². The Balaban J connectivity index is 0.00000161. The van der Waals surface area contributed by atoms with Crippen LogP contribution in [0.1, 0.15) is 51.9 Å². The molecule has 2 bridgehead atoms. The fourth-order valence-electron chi connectivity index (χ4n) is 4.16. The Morgan fingerprint density at radius 3 is 2.52 bits per heavy atom. The molecule has 3 atom stereocenters. The summed E-state index contributed by atoms with van der Waals surface area (Å²) in [5.74, 6) is 0.939. The highest BCUT2D eigenvalue weighted by molar-refractivity contribution is 5.85. The predicted octanol–water partition coefficient (Wildman–Crippen LogP) is 2.36. The van der Waals surface area contributed by atoms with Gasteiger partial charge in [0.05, 0.1) is 6.10 Å². The number of fused-ring (bicyclic) bond motifs is 2. The van der Waals surface area contributed by atoms with Gasteiger partial charge in [-0.25, -0.2) is 0 Å². The lowest BCUT2D eigenvalue weighted by Gasteiger charge is -2.31. The standard InChI is InChI=1S/C16H28N2O2.ClH/c1-2-18(11-15-4-3-7-20-15)16(19)10-12-8-13-5-6-14(9-12)17-13;/h12-15,17H,2-11H2,1H3;1H. The second-order valence-electron chi connectivity index (χ2n) is 6.75. The second kappa shape index (κ2) is 7.80. The number of hydrogen-bond donors (Lipinski definition) is 1. The Bertz CT molecular complexity index is 335. The van der Waals surface area contributed by atoms with Crippen LogP contribution in [0.5, 0.6) is 0 Å². The first kappa shape index (κ1) is 17.0. The molecule has 0 aromatic carbocycles. The van der Waals surface area contributed by atoms with Gasteiger partial charge in [0.1, 0.15) is 0 Å². The first-order valence-electron chi connectivity index (χ1n) is 8.40. The monoisotopic (exact) mass is 316 g/mol. The van der Waals surface area contributed by atoms with Crippen molar-refractivity contribution in [2.45, 2.75) is 70.1 Å². The van der Waals surface area contributed by atoms with Crippen LogP contribution in [0.25, 0.3) is 0 Å². The minimum atomic E-state index is 0. The second-order valence-corrected chi connectivity index (χ2v) is 6.75. The van der Waals surface area contributed by atoms with Gasteiger partial charge in [-0.05, 0) is 51.4 Å². The van der Waals surface area contributed by atoms with Crippen LogP contribution in [0.4, 0.5) is 0 Å². The van der Waals surface area contributed by atoms with Gasteiger partial charge in [0.15, 0.2) is 0 Å². The molecular formula is C16H29ClN2O2. The quantitative estimate of drug-likeness (QED) is 0.846. The van der Waals surface area contributed by atoms with Crippen molar-refractivity contribution in [3.05, 3.63) is 0 Å². The Morgan fingerprint density at radius 1 is 1.24 bits per heavy atom. The molecule has 0 aliphatic carbocycles. The number of nitrogens with zero attached hydrogens (tertiary/aromatic N) is 1. The van der Waals surface area contributed by atoms with Crippen molar-refractivity contribution in [3.8, 4) is 0 Å². The first-order chi connectivity index (χ1) is 9.74. The van der Waals surface area contributed by atoms with Gasteiger partial charge >= 0.3 is 0 Å². The predicted molar refractivity (Wildman–Crippen MR) is 85.8 cm³/mol. The van der Waals surface area contributed by atoms with E-state index < -0.39 is 0 Å². The molecule has 21 heavy (non-hydrogen) atoms. The van der Waals surface area contributed by atoms with Crippen molar-refractivity contribution >= 4 is 18.3 Å². The molecule has 1 N–H and O–H groups in total. The molecular weight excluding hydrogens is 288 g/mol. The average molecular weight is 317 g/mol. The van der Waals surface area contributed by atoms with Crippen LogP contribution in [0, 0.1) is 5.92 Å². The highest BCUT2D eigenvalue weighted by atomic mass is 35.5. The molecule has 0 radical (unpaired) electrons. The third-order valence-electron chi connectivity index (χ3n) is 5.22. The minimum Gasteiger partial charge on any atom is -0.376 e. The fourth-order valence-corrected chi connectivity index (χ4v) is 4.16. The van der Waals surface area contributed by atoms with Crippen molar-refractivity contribution in [1.82, 2.24) is 10.2 Å². The molecule has 0 aromatic heterocycles. The summed E-state index contributed by atoms with van der Waals surface area (Å²) in [6.07, 6.45) is 8.29. The third kappa shape index (κ3) is 4.33. The zero-order valence-corrected chi connectivity index (χ0v) is 13.9. The molecule has 3 heterocycles. The van der Waals surface area contributed by atoms with Crippen molar-refractivity contribution in [3.63, 3.8) is 0 Å². The summed E-state index contributed by atoms with van der Waals surface area (Å²) in [5.41, 5.74) is 0. The molecule has 3 saturated heterocycles. The van der Waals surface area contributed by atoms with Crippen LogP contribution >= 0.6 is 12.4 Å². The van der Waals surface area contributed by atoms with Gasteiger partial charge < -0.3 is 15.0 Å². The summed E-state index contributed by atoms with van der Waals surface area (Å²) in [7, 11) is 0. The number of carbonyl (C=O) groups is 1. The van der Waals surface area contributed by atoms with Crippen LogP contribution < -0.4 is 5.32 Å². The number of piperidine rings is 1. The topological polar surface area (TPSA) is 41.6 Å². The first-order valence-corrected chi connectivity index (χ1v) is 8.40. The lowest BCUT2D eigenvalue weighted by molar-refractivity contribution is -0.133. The molecule has 3 unspecified atom stereocenters. The summed E-state index contributed by atoms with van der Waals surface area (Å²) in [6.45, 7) is 4.57. The highest BCUT2D eigenvalue weighted by Crippen LogP contribution is 2.33. The van der Waals surface area contributed by atoms with E-state index in [0.29, 0.717) is 23.9 Å². The summed E-state index contributed by atoms with van der Waals surface area (Å²) < 4.78 is 5.67. The molecule has 3 rings (SSSR count). The molecule has 1 amide bonds. The van der Waals surface area contributed by atoms with Crippen molar-refractivity contribution < 1.29 is 9.53 Å². The lowest BCUT2D eigenvalue weighted by atomic mass is 9.89.